The summed E-state index contributed by atoms with van der Waals surface area (Å²) in [5.41, 5.74) is 1.01. The van der Waals surface area contributed by atoms with E-state index in [1.54, 1.807) is 43.3 Å². The van der Waals surface area contributed by atoms with E-state index in [9.17, 15) is 17.6 Å². The molecule has 5 nitrogen and oxygen atoms in total. The van der Waals surface area contributed by atoms with Gasteiger partial charge in [-0.1, -0.05) is 36.4 Å². The molecule has 0 unspecified atom stereocenters. The third kappa shape index (κ3) is 4.63. The normalized spacial score (nSPS) is 11.1. The lowest BCUT2D eigenvalue weighted by Gasteiger charge is -2.22. The van der Waals surface area contributed by atoms with Crippen molar-refractivity contribution in [3.8, 4) is 0 Å². The Morgan fingerprint density at radius 2 is 1.55 bits per heavy atom. The predicted octanol–water partition coefficient (Wildman–Crippen LogP) is 4.40. The number of halogens is 1. The first-order chi connectivity index (χ1) is 13.9. The van der Waals surface area contributed by atoms with Crippen molar-refractivity contribution in [1.29, 1.82) is 0 Å². The number of benzene rings is 3. The van der Waals surface area contributed by atoms with E-state index in [0.29, 0.717) is 5.69 Å². The lowest BCUT2D eigenvalue weighted by Crippen LogP contribution is -2.30. The summed E-state index contributed by atoms with van der Waals surface area (Å²) in [6.45, 7) is 1.81. The van der Waals surface area contributed by atoms with Crippen LogP contribution in [0.25, 0.3) is 0 Å². The van der Waals surface area contributed by atoms with Crippen molar-refractivity contribution in [1.82, 2.24) is 0 Å². The molecule has 0 radical (unpaired) electrons. The zero-order chi connectivity index (χ0) is 20.9. The SMILES string of the molecule is CCN(c1ccccc1)S(=O)(=O)c1ccc(C(=O)OCc2ccccc2F)cc1. The maximum atomic E-state index is 13.6. The highest BCUT2D eigenvalue weighted by atomic mass is 32.2. The number of esters is 1. The van der Waals surface area contributed by atoms with Crippen molar-refractivity contribution in [2.45, 2.75) is 18.4 Å². The Bertz CT molecular complexity index is 1080. The van der Waals surface area contributed by atoms with Crippen molar-refractivity contribution in [3.63, 3.8) is 0 Å². The van der Waals surface area contributed by atoms with Gasteiger partial charge in [-0.2, -0.15) is 0 Å². The highest BCUT2D eigenvalue weighted by Crippen LogP contribution is 2.23. The Hall–Kier alpha value is -3.19. The van der Waals surface area contributed by atoms with Gasteiger partial charge in [0.15, 0.2) is 0 Å². The quantitative estimate of drug-likeness (QED) is 0.539. The molecule has 0 saturated carbocycles. The summed E-state index contributed by atoms with van der Waals surface area (Å²) in [6.07, 6.45) is 0. The summed E-state index contributed by atoms with van der Waals surface area (Å²) in [5, 5.41) is 0. The fourth-order valence-corrected chi connectivity index (χ4v) is 4.29. The standard InChI is InChI=1S/C22H20FNO4S/c1-2-24(19-9-4-3-5-10-19)29(26,27)20-14-12-17(13-15-20)22(25)28-16-18-8-6-7-11-21(18)23/h3-15H,2,16H2,1H3. The van der Waals surface area contributed by atoms with Gasteiger partial charge in [0.25, 0.3) is 10.0 Å². The maximum absolute atomic E-state index is 13.6. The first-order valence-electron chi connectivity index (χ1n) is 9.02. The highest BCUT2D eigenvalue weighted by Gasteiger charge is 2.23. The molecule has 0 bridgehead atoms. The molecule has 3 aromatic rings. The number of hydrogen-bond acceptors (Lipinski definition) is 4. The Morgan fingerprint density at radius 3 is 2.17 bits per heavy atom. The number of nitrogens with zero attached hydrogens (tertiary/aromatic N) is 1. The van der Waals surface area contributed by atoms with Crippen LogP contribution in [0.4, 0.5) is 10.1 Å². The molecule has 0 aliphatic rings. The molecule has 0 heterocycles. The minimum absolute atomic E-state index is 0.0638. The minimum Gasteiger partial charge on any atom is -0.457 e. The van der Waals surface area contributed by atoms with Crippen molar-refractivity contribution in [3.05, 3.63) is 95.8 Å². The van der Waals surface area contributed by atoms with E-state index >= 15 is 0 Å². The molecule has 0 aliphatic carbocycles. The molecular weight excluding hydrogens is 393 g/mol. The van der Waals surface area contributed by atoms with Crippen LogP contribution in [0.2, 0.25) is 0 Å². The maximum Gasteiger partial charge on any atom is 0.338 e. The van der Waals surface area contributed by atoms with E-state index in [2.05, 4.69) is 0 Å². The van der Waals surface area contributed by atoms with Crippen molar-refractivity contribution in [2.75, 3.05) is 10.8 Å². The van der Waals surface area contributed by atoms with Crippen LogP contribution >= 0.6 is 0 Å². The van der Waals surface area contributed by atoms with Crippen LogP contribution in [0.15, 0.2) is 83.8 Å². The zero-order valence-electron chi connectivity index (χ0n) is 15.8. The second-order valence-electron chi connectivity index (χ2n) is 6.20. The smallest absolute Gasteiger partial charge is 0.338 e. The van der Waals surface area contributed by atoms with Gasteiger partial charge in [0.1, 0.15) is 12.4 Å². The van der Waals surface area contributed by atoms with Crippen LogP contribution in [0.3, 0.4) is 0 Å². The van der Waals surface area contributed by atoms with Gasteiger partial charge in [-0.25, -0.2) is 17.6 Å². The van der Waals surface area contributed by atoms with E-state index < -0.39 is 21.8 Å². The zero-order valence-corrected chi connectivity index (χ0v) is 16.6. The van der Waals surface area contributed by atoms with Gasteiger partial charge in [0.2, 0.25) is 0 Å². The number of carbonyl (C=O) groups excluding carboxylic acids is 1. The fraction of sp³-hybridized carbons (Fsp3) is 0.136. The van der Waals surface area contributed by atoms with Crippen molar-refractivity contribution in [2.24, 2.45) is 0 Å². The molecule has 3 aromatic carbocycles. The van der Waals surface area contributed by atoms with E-state index in [0.717, 1.165) is 0 Å². The summed E-state index contributed by atoms with van der Waals surface area (Å²) < 4.78 is 45.9. The van der Waals surface area contributed by atoms with Gasteiger partial charge in [-0.15, -0.1) is 0 Å². The number of ether oxygens (including phenoxy) is 1. The van der Waals surface area contributed by atoms with Gasteiger partial charge in [0, 0.05) is 12.1 Å². The molecule has 0 fully saturated rings. The Balaban J connectivity index is 1.75. The third-order valence-electron chi connectivity index (χ3n) is 4.33. The summed E-state index contributed by atoms with van der Waals surface area (Å²) in [5.74, 6) is -1.12. The van der Waals surface area contributed by atoms with E-state index in [-0.39, 0.29) is 29.2 Å². The number of rotatable bonds is 7. The van der Waals surface area contributed by atoms with Gasteiger partial charge in [-0.05, 0) is 49.4 Å². The van der Waals surface area contributed by atoms with Crippen LogP contribution in [0, 0.1) is 5.82 Å². The summed E-state index contributed by atoms with van der Waals surface area (Å²) in [7, 11) is -3.78. The topological polar surface area (TPSA) is 63.7 Å². The number of sulfonamides is 1. The van der Waals surface area contributed by atoms with Gasteiger partial charge in [0.05, 0.1) is 16.1 Å². The highest BCUT2D eigenvalue weighted by molar-refractivity contribution is 7.92. The Kier molecular flexibility index (Phi) is 6.29. The molecule has 0 spiro atoms. The Morgan fingerprint density at radius 1 is 0.931 bits per heavy atom. The predicted molar refractivity (Wildman–Crippen MR) is 109 cm³/mol. The van der Waals surface area contributed by atoms with Gasteiger partial charge < -0.3 is 4.74 Å². The minimum atomic E-state index is -3.78. The lowest BCUT2D eigenvalue weighted by molar-refractivity contribution is 0.0469. The molecule has 0 N–H and O–H groups in total. The van der Waals surface area contributed by atoms with E-state index in [1.165, 1.54) is 40.7 Å². The van der Waals surface area contributed by atoms with Crippen molar-refractivity contribution < 1.29 is 22.3 Å². The van der Waals surface area contributed by atoms with Crippen molar-refractivity contribution >= 4 is 21.7 Å². The summed E-state index contributed by atoms with van der Waals surface area (Å²) in [4.78, 5) is 12.3. The second-order valence-corrected chi connectivity index (χ2v) is 8.06. The number of para-hydroxylation sites is 1. The monoisotopic (exact) mass is 413 g/mol. The van der Waals surface area contributed by atoms with Crippen LogP contribution in [-0.2, 0) is 21.4 Å². The van der Waals surface area contributed by atoms with Crippen LogP contribution in [0.1, 0.15) is 22.8 Å². The lowest BCUT2D eigenvalue weighted by atomic mass is 10.2. The number of carbonyl (C=O) groups is 1. The largest absolute Gasteiger partial charge is 0.457 e. The summed E-state index contributed by atoms with van der Waals surface area (Å²) in [6, 6.07) is 20.3. The van der Waals surface area contributed by atoms with Gasteiger partial charge >= 0.3 is 5.97 Å². The molecule has 150 valence electrons. The molecule has 7 heteroatoms. The number of hydrogen-bond donors (Lipinski definition) is 0. The summed E-state index contributed by atoms with van der Waals surface area (Å²) >= 11 is 0. The average Bonchev–Trinajstić information content (AvgIpc) is 2.74. The second kappa shape index (κ2) is 8.87. The third-order valence-corrected chi connectivity index (χ3v) is 6.24. The molecule has 0 saturated heterocycles. The molecule has 3 rings (SSSR count). The fourth-order valence-electron chi connectivity index (χ4n) is 2.82. The number of anilines is 1. The Labute approximate surface area is 169 Å². The molecular formula is C22H20FNO4S. The molecule has 0 aliphatic heterocycles. The van der Waals surface area contributed by atoms with Crippen LogP contribution < -0.4 is 4.31 Å². The van der Waals surface area contributed by atoms with Crippen LogP contribution in [0.5, 0.6) is 0 Å². The molecule has 0 atom stereocenters. The molecule has 29 heavy (non-hydrogen) atoms. The molecule has 0 amide bonds. The van der Waals surface area contributed by atoms with Crippen LogP contribution in [-0.4, -0.2) is 20.9 Å². The first-order valence-corrected chi connectivity index (χ1v) is 10.5. The van der Waals surface area contributed by atoms with E-state index in [4.69, 9.17) is 4.74 Å². The first kappa shape index (κ1) is 20.5. The average molecular weight is 413 g/mol. The van der Waals surface area contributed by atoms with Gasteiger partial charge in [-0.3, -0.25) is 4.31 Å². The van der Waals surface area contributed by atoms with E-state index in [1.807, 2.05) is 6.07 Å². The molecule has 0 aromatic heterocycles.